The first-order valence-electron chi connectivity index (χ1n) is 8.81. The Morgan fingerprint density at radius 3 is 2.30 bits per heavy atom. The van der Waals surface area contributed by atoms with Crippen LogP contribution in [0.3, 0.4) is 0 Å². The van der Waals surface area contributed by atoms with Crippen LogP contribution < -0.4 is 4.57 Å². The maximum absolute atomic E-state index is 13.1. The minimum absolute atomic E-state index is 0.461. The molecular weight excluding hydrogens is 347 g/mol. The molecule has 1 aliphatic heterocycles. The van der Waals surface area contributed by atoms with E-state index >= 15 is 0 Å². The second kappa shape index (κ2) is 4.77. The minimum atomic E-state index is -4.33. The molecule has 0 N–H and O–H groups in total. The Hall–Kier alpha value is -3.14. The predicted molar refractivity (Wildman–Crippen MR) is 99.9 cm³/mol. The fourth-order valence-electron chi connectivity index (χ4n) is 4.53. The Morgan fingerprint density at radius 1 is 0.778 bits per heavy atom. The summed E-state index contributed by atoms with van der Waals surface area (Å²) in [5.74, 6) is 0. The van der Waals surface area contributed by atoms with Crippen molar-refractivity contribution in [2.75, 3.05) is 0 Å². The normalized spacial score (nSPS) is 13.6. The van der Waals surface area contributed by atoms with Gasteiger partial charge in [-0.2, -0.15) is 17.7 Å². The molecule has 1 nitrogen and oxygen atoms in total. The molecule has 0 aliphatic carbocycles. The predicted octanol–water partition coefficient (Wildman–Crippen LogP) is 5.92. The molecule has 0 bridgehead atoms. The SMILES string of the molecule is FC(F)(F)c1ccc2[n+](c1)Cc1c-2cc2ccc3cccc4ccc1c2c34. The summed E-state index contributed by atoms with van der Waals surface area (Å²) in [4.78, 5) is 0. The first-order chi connectivity index (χ1) is 13.0. The summed E-state index contributed by atoms with van der Waals surface area (Å²) in [6.45, 7) is 0.461. The van der Waals surface area contributed by atoms with Gasteiger partial charge in [0, 0.05) is 11.6 Å². The summed E-state index contributed by atoms with van der Waals surface area (Å²) in [6.07, 6.45) is -3.11. The third kappa shape index (κ3) is 1.93. The summed E-state index contributed by atoms with van der Waals surface area (Å²) in [5, 5.41) is 7.06. The molecule has 0 fully saturated rings. The van der Waals surface area contributed by atoms with Crippen molar-refractivity contribution in [1.82, 2.24) is 0 Å². The minimum Gasteiger partial charge on any atom is -0.193 e. The van der Waals surface area contributed by atoms with Gasteiger partial charge in [-0.3, -0.25) is 0 Å². The van der Waals surface area contributed by atoms with Crippen LogP contribution in [0.25, 0.3) is 43.6 Å². The van der Waals surface area contributed by atoms with Crippen LogP contribution in [0.2, 0.25) is 0 Å². The average molecular weight is 360 g/mol. The second-order valence-electron chi connectivity index (χ2n) is 7.19. The first kappa shape index (κ1) is 15.0. The molecule has 1 aromatic heterocycles. The number of hydrogen-bond acceptors (Lipinski definition) is 0. The van der Waals surface area contributed by atoms with Crippen molar-refractivity contribution in [2.24, 2.45) is 0 Å². The van der Waals surface area contributed by atoms with Crippen molar-refractivity contribution in [3.8, 4) is 11.3 Å². The topological polar surface area (TPSA) is 3.88 Å². The van der Waals surface area contributed by atoms with Crippen LogP contribution in [0, 0.1) is 0 Å². The molecule has 2 heterocycles. The van der Waals surface area contributed by atoms with Gasteiger partial charge in [0.15, 0.2) is 12.7 Å². The smallest absolute Gasteiger partial charge is 0.193 e. The van der Waals surface area contributed by atoms with Gasteiger partial charge in [-0.15, -0.1) is 0 Å². The van der Waals surface area contributed by atoms with Crippen LogP contribution in [0.15, 0.2) is 66.9 Å². The van der Waals surface area contributed by atoms with Gasteiger partial charge in [0.25, 0.3) is 0 Å². The summed E-state index contributed by atoms with van der Waals surface area (Å²) >= 11 is 0. The van der Waals surface area contributed by atoms with Crippen LogP contribution in [0.4, 0.5) is 13.2 Å². The maximum atomic E-state index is 13.1. The Labute approximate surface area is 152 Å². The molecule has 130 valence electrons. The number of benzene rings is 4. The molecule has 0 radical (unpaired) electrons. The van der Waals surface area contributed by atoms with Crippen molar-refractivity contribution in [2.45, 2.75) is 12.7 Å². The Morgan fingerprint density at radius 2 is 1.52 bits per heavy atom. The van der Waals surface area contributed by atoms with E-state index in [4.69, 9.17) is 0 Å². The molecule has 5 aromatic rings. The standard InChI is InChI=1S/C23H13F3N/c24-23(25,26)16-7-9-20-18-10-15-5-4-13-2-1-3-14-6-8-17(22(15)21(13)14)19(18)12-27(20)11-16/h1-11H,12H2/q+1. The van der Waals surface area contributed by atoms with Gasteiger partial charge in [-0.25, -0.2) is 0 Å². The maximum Gasteiger partial charge on any atom is 0.422 e. The molecule has 0 saturated carbocycles. The van der Waals surface area contributed by atoms with Crippen molar-refractivity contribution >= 4 is 32.3 Å². The number of fused-ring (bicyclic) bond motifs is 4. The number of halogens is 3. The molecule has 0 saturated heterocycles. The molecule has 27 heavy (non-hydrogen) atoms. The number of alkyl halides is 3. The molecule has 4 heteroatoms. The van der Waals surface area contributed by atoms with E-state index in [1.807, 2.05) is 0 Å². The van der Waals surface area contributed by atoms with E-state index < -0.39 is 11.7 Å². The van der Waals surface area contributed by atoms with Crippen molar-refractivity contribution in [3.05, 3.63) is 78.0 Å². The van der Waals surface area contributed by atoms with Crippen molar-refractivity contribution in [3.63, 3.8) is 0 Å². The molecule has 0 spiro atoms. The summed E-state index contributed by atoms with van der Waals surface area (Å²) in [7, 11) is 0. The summed E-state index contributed by atoms with van der Waals surface area (Å²) < 4.78 is 41.1. The molecule has 1 aliphatic rings. The van der Waals surface area contributed by atoms with Gasteiger partial charge in [-0.05, 0) is 44.5 Å². The van der Waals surface area contributed by atoms with E-state index in [0.717, 1.165) is 27.6 Å². The molecular formula is C23H13F3N+. The monoisotopic (exact) mass is 360 g/mol. The lowest BCUT2D eigenvalue weighted by Crippen LogP contribution is -2.33. The van der Waals surface area contributed by atoms with Crippen LogP contribution in [0.1, 0.15) is 11.1 Å². The highest BCUT2D eigenvalue weighted by Gasteiger charge is 2.36. The molecule has 0 atom stereocenters. The number of aromatic nitrogens is 1. The summed E-state index contributed by atoms with van der Waals surface area (Å²) in [6, 6.07) is 19.6. The molecule has 0 amide bonds. The van der Waals surface area contributed by atoms with E-state index in [1.54, 1.807) is 10.6 Å². The van der Waals surface area contributed by atoms with Crippen LogP contribution in [0.5, 0.6) is 0 Å². The highest BCUT2D eigenvalue weighted by atomic mass is 19.4. The first-order valence-corrected chi connectivity index (χ1v) is 8.81. The zero-order valence-electron chi connectivity index (χ0n) is 14.1. The number of pyridine rings is 1. The van der Waals surface area contributed by atoms with E-state index in [0.29, 0.717) is 6.54 Å². The third-order valence-corrected chi connectivity index (χ3v) is 5.72. The number of nitrogens with zero attached hydrogens (tertiary/aromatic N) is 1. The van der Waals surface area contributed by atoms with Gasteiger partial charge in [-0.1, -0.05) is 42.5 Å². The van der Waals surface area contributed by atoms with Crippen molar-refractivity contribution in [1.29, 1.82) is 0 Å². The van der Waals surface area contributed by atoms with Gasteiger partial charge >= 0.3 is 6.18 Å². The van der Waals surface area contributed by atoms with Crippen LogP contribution in [-0.2, 0) is 12.7 Å². The Bertz CT molecular complexity index is 1370. The lowest BCUT2D eigenvalue weighted by molar-refractivity contribution is -0.672. The number of rotatable bonds is 0. The molecule has 6 rings (SSSR count). The van der Waals surface area contributed by atoms with Crippen LogP contribution in [-0.4, -0.2) is 0 Å². The Balaban J connectivity index is 1.70. The largest absolute Gasteiger partial charge is 0.422 e. The van der Waals surface area contributed by atoms with Gasteiger partial charge < -0.3 is 0 Å². The van der Waals surface area contributed by atoms with Gasteiger partial charge in [0.2, 0.25) is 5.69 Å². The van der Waals surface area contributed by atoms with Gasteiger partial charge in [0.05, 0.1) is 5.56 Å². The summed E-state index contributed by atoms with van der Waals surface area (Å²) in [5.41, 5.74) is 2.35. The zero-order valence-corrected chi connectivity index (χ0v) is 14.1. The quantitative estimate of drug-likeness (QED) is 0.234. The van der Waals surface area contributed by atoms with E-state index in [2.05, 4.69) is 48.5 Å². The number of hydrogen-bond donors (Lipinski definition) is 0. The van der Waals surface area contributed by atoms with E-state index in [-0.39, 0.29) is 0 Å². The lowest BCUT2D eigenvalue weighted by Gasteiger charge is -2.12. The zero-order chi connectivity index (χ0) is 18.3. The van der Waals surface area contributed by atoms with Crippen molar-refractivity contribution < 1.29 is 17.7 Å². The molecule has 4 aromatic carbocycles. The Kier molecular flexibility index (Phi) is 2.64. The third-order valence-electron chi connectivity index (χ3n) is 5.72. The molecule has 0 unspecified atom stereocenters. The van der Waals surface area contributed by atoms with Crippen LogP contribution >= 0.6 is 0 Å². The lowest BCUT2D eigenvalue weighted by atomic mass is 9.89. The second-order valence-corrected chi connectivity index (χ2v) is 7.19. The highest BCUT2D eigenvalue weighted by molar-refractivity contribution is 6.24. The van der Waals surface area contributed by atoms with E-state index in [1.165, 1.54) is 33.8 Å². The van der Waals surface area contributed by atoms with Gasteiger partial charge in [0.1, 0.15) is 5.56 Å². The average Bonchev–Trinajstić information content (AvgIpc) is 3.03. The fraction of sp³-hybridized carbons (Fsp3) is 0.0870. The van der Waals surface area contributed by atoms with E-state index in [9.17, 15) is 13.2 Å². The fourth-order valence-corrected chi connectivity index (χ4v) is 4.53. The highest BCUT2D eigenvalue weighted by Crippen LogP contribution is 2.41.